The standard InChI is InChI=1S/C21H27N7S2.HI/c1-3-18-25-21(30-26-18)28-13-11-27(12-14-28)20(22-2)23-10-9-17-15-29-19(24-17)16-7-5-4-6-8-16;/h4-8,15H,3,9-14H2,1-2H3,(H,22,23);1H. The number of nitrogens with zero attached hydrogens (tertiary/aromatic N) is 6. The van der Waals surface area contributed by atoms with Gasteiger partial charge in [-0.25, -0.2) is 9.97 Å². The van der Waals surface area contributed by atoms with E-state index in [1.807, 2.05) is 13.1 Å². The quantitative estimate of drug-likeness (QED) is 0.277. The molecule has 0 radical (unpaired) electrons. The van der Waals surface area contributed by atoms with E-state index in [-0.39, 0.29) is 24.0 Å². The Morgan fingerprint density at radius 2 is 1.90 bits per heavy atom. The topological polar surface area (TPSA) is 69.5 Å². The Hall–Kier alpha value is -1.79. The normalized spacial score (nSPS) is 14.5. The molecule has 7 nitrogen and oxygen atoms in total. The third-order valence-electron chi connectivity index (χ3n) is 5.07. The SMILES string of the molecule is CCc1nsc(N2CCN(C(=NC)NCCc3csc(-c4ccccc4)n3)CC2)n1.I. The van der Waals surface area contributed by atoms with E-state index in [1.165, 1.54) is 17.1 Å². The number of hydrogen-bond donors (Lipinski definition) is 1. The van der Waals surface area contributed by atoms with Crippen LogP contribution in [0, 0.1) is 0 Å². The van der Waals surface area contributed by atoms with Crippen LogP contribution in [0.25, 0.3) is 10.6 Å². The van der Waals surface area contributed by atoms with Gasteiger partial charge in [-0.1, -0.05) is 37.3 Å². The van der Waals surface area contributed by atoms with Gasteiger partial charge in [0.25, 0.3) is 0 Å². The summed E-state index contributed by atoms with van der Waals surface area (Å²) in [7, 11) is 1.85. The number of aromatic nitrogens is 3. The van der Waals surface area contributed by atoms with Crippen molar-refractivity contribution in [1.82, 2.24) is 24.6 Å². The molecule has 4 rings (SSSR count). The molecule has 1 fully saturated rings. The highest BCUT2D eigenvalue weighted by atomic mass is 127. The zero-order chi connectivity index (χ0) is 20.8. The molecule has 0 amide bonds. The number of piperazine rings is 1. The van der Waals surface area contributed by atoms with Crippen LogP contribution in [-0.2, 0) is 12.8 Å². The van der Waals surface area contributed by atoms with Gasteiger partial charge in [0.05, 0.1) is 5.69 Å². The molecule has 3 heterocycles. The summed E-state index contributed by atoms with van der Waals surface area (Å²) in [6.07, 6.45) is 1.77. The third-order valence-corrected chi connectivity index (χ3v) is 6.83. The summed E-state index contributed by atoms with van der Waals surface area (Å²) in [6, 6.07) is 10.3. The summed E-state index contributed by atoms with van der Waals surface area (Å²) in [5.41, 5.74) is 2.30. The number of guanidine groups is 1. The highest BCUT2D eigenvalue weighted by Gasteiger charge is 2.22. The van der Waals surface area contributed by atoms with Crippen molar-refractivity contribution in [2.45, 2.75) is 19.8 Å². The fraction of sp³-hybridized carbons (Fsp3) is 0.429. The molecule has 3 aromatic rings. The number of nitrogens with one attached hydrogen (secondary N) is 1. The number of anilines is 1. The minimum Gasteiger partial charge on any atom is -0.356 e. The number of aliphatic imine (C=N–C) groups is 1. The lowest BCUT2D eigenvalue weighted by Gasteiger charge is -2.36. The van der Waals surface area contributed by atoms with Gasteiger partial charge in [0.1, 0.15) is 10.8 Å². The van der Waals surface area contributed by atoms with E-state index >= 15 is 0 Å². The summed E-state index contributed by atoms with van der Waals surface area (Å²) in [4.78, 5) is 18.5. The Morgan fingerprint density at radius 1 is 1.13 bits per heavy atom. The van der Waals surface area contributed by atoms with Crippen molar-refractivity contribution in [3.8, 4) is 10.6 Å². The first kappa shape index (κ1) is 23.9. The second kappa shape index (κ2) is 11.7. The van der Waals surface area contributed by atoms with E-state index in [2.05, 4.69) is 66.0 Å². The number of aryl methyl sites for hydroxylation is 1. The summed E-state index contributed by atoms with van der Waals surface area (Å²) >= 11 is 3.20. The van der Waals surface area contributed by atoms with E-state index < -0.39 is 0 Å². The second-order valence-corrected chi connectivity index (χ2v) is 8.64. The Morgan fingerprint density at radius 3 is 2.58 bits per heavy atom. The first-order valence-electron chi connectivity index (χ1n) is 10.3. The van der Waals surface area contributed by atoms with Gasteiger partial charge in [-0.05, 0) is 0 Å². The lowest BCUT2D eigenvalue weighted by atomic mass is 10.2. The van der Waals surface area contributed by atoms with Gasteiger partial charge in [0.15, 0.2) is 5.96 Å². The van der Waals surface area contributed by atoms with E-state index in [0.717, 1.165) is 73.2 Å². The fourth-order valence-electron chi connectivity index (χ4n) is 3.40. The van der Waals surface area contributed by atoms with Crippen molar-refractivity contribution in [1.29, 1.82) is 0 Å². The van der Waals surface area contributed by atoms with Crippen LogP contribution >= 0.6 is 46.8 Å². The molecule has 1 aliphatic heterocycles. The molecular formula is C21H28IN7S2. The fourth-order valence-corrected chi connectivity index (χ4v) is 5.06. The van der Waals surface area contributed by atoms with Gasteiger partial charge in [-0.2, -0.15) is 4.37 Å². The molecule has 0 saturated carbocycles. The first-order valence-corrected chi connectivity index (χ1v) is 11.9. The van der Waals surface area contributed by atoms with Crippen LogP contribution in [0.3, 0.4) is 0 Å². The predicted octanol–water partition coefficient (Wildman–Crippen LogP) is 3.78. The number of benzene rings is 1. The molecule has 2 aromatic heterocycles. The number of rotatable bonds is 6. The van der Waals surface area contributed by atoms with Crippen LogP contribution in [0.4, 0.5) is 5.13 Å². The van der Waals surface area contributed by atoms with Gasteiger partial charge < -0.3 is 15.1 Å². The van der Waals surface area contributed by atoms with Crippen molar-refractivity contribution in [2.75, 3.05) is 44.7 Å². The summed E-state index contributed by atoms with van der Waals surface area (Å²) in [5, 5.41) is 7.76. The number of thiazole rings is 1. The highest BCUT2D eigenvalue weighted by Crippen LogP contribution is 2.23. The van der Waals surface area contributed by atoms with Crippen LogP contribution in [-0.4, -0.2) is 65.0 Å². The Kier molecular flexibility index (Phi) is 9.02. The van der Waals surface area contributed by atoms with E-state index in [0.29, 0.717) is 0 Å². The van der Waals surface area contributed by atoms with Crippen LogP contribution < -0.4 is 10.2 Å². The lowest BCUT2D eigenvalue weighted by molar-refractivity contribution is 0.372. The monoisotopic (exact) mass is 569 g/mol. The van der Waals surface area contributed by atoms with Crippen LogP contribution in [0.2, 0.25) is 0 Å². The van der Waals surface area contributed by atoms with Gasteiger partial charge >= 0.3 is 0 Å². The van der Waals surface area contributed by atoms with Crippen molar-refractivity contribution >= 4 is 57.9 Å². The molecule has 1 N–H and O–H groups in total. The molecule has 0 bridgehead atoms. The molecule has 1 aromatic carbocycles. The lowest BCUT2D eigenvalue weighted by Crippen LogP contribution is -2.52. The molecule has 0 aliphatic carbocycles. The Bertz CT molecular complexity index is 965. The van der Waals surface area contributed by atoms with Crippen LogP contribution in [0.5, 0.6) is 0 Å². The molecule has 0 spiro atoms. The first-order chi connectivity index (χ1) is 14.8. The average molecular weight is 570 g/mol. The van der Waals surface area contributed by atoms with E-state index in [1.54, 1.807) is 11.3 Å². The van der Waals surface area contributed by atoms with Crippen LogP contribution in [0.1, 0.15) is 18.4 Å². The van der Waals surface area contributed by atoms with Crippen molar-refractivity contribution in [3.63, 3.8) is 0 Å². The van der Waals surface area contributed by atoms with Gasteiger partial charge in [-0.3, -0.25) is 4.99 Å². The van der Waals surface area contributed by atoms with Gasteiger partial charge in [-0.15, -0.1) is 35.3 Å². The van der Waals surface area contributed by atoms with E-state index in [4.69, 9.17) is 4.98 Å². The third kappa shape index (κ3) is 6.13. The maximum absolute atomic E-state index is 4.77. The van der Waals surface area contributed by atoms with Crippen molar-refractivity contribution < 1.29 is 0 Å². The molecule has 31 heavy (non-hydrogen) atoms. The minimum absolute atomic E-state index is 0. The van der Waals surface area contributed by atoms with Gasteiger partial charge in [0.2, 0.25) is 5.13 Å². The van der Waals surface area contributed by atoms with Crippen molar-refractivity contribution in [3.05, 3.63) is 47.2 Å². The largest absolute Gasteiger partial charge is 0.356 e. The van der Waals surface area contributed by atoms with Crippen molar-refractivity contribution in [2.24, 2.45) is 4.99 Å². The number of hydrogen-bond acceptors (Lipinski definition) is 7. The van der Waals surface area contributed by atoms with Crippen LogP contribution in [0.15, 0.2) is 40.7 Å². The minimum atomic E-state index is 0. The van der Waals surface area contributed by atoms with E-state index in [9.17, 15) is 0 Å². The molecule has 0 atom stereocenters. The molecule has 10 heteroatoms. The summed E-state index contributed by atoms with van der Waals surface area (Å²) in [5.74, 6) is 1.90. The maximum Gasteiger partial charge on any atom is 0.205 e. The molecule has 166 valence electrons. The molecule has 1 saturated heterocycles. The molecular weight excluding hydrogens is 541 g/mol. The average Bonchev–Trinajstić information content (AvgIpc) is 3.47. The number of halogens is 1. The zero-order valence-corrected chi connectivity index (χ0v) is 21.8. The maximum atomic E-state index is 4.77. The highest BCUT2D eigenvalue weighted by molar-refractivity contribution is 14.0. The zero-order valence-electron chi connectivity index (χ0n) is 17.8. The molecule has 1 aliphatic rings. The Balaban J connectivity index is 0.00000272. The summed E-state index contributed by atoms with van der Waals surface area (Å²) < 4.78 is 4.40. The smallest absolute Gasteiger partial charge is 0.205 e. The second-order valence-electron chi connectivity index (χ2n) is 7.05. The molecule has 0 unspecified atom stereocenters. The summed E-state index contributed by atoms with van der Waals surface area (Å²) in [6.45, 7) is 6.64. The van der Waals surface area contributed by atoms with Gasteiger partial charge in [0, 0.05) is 75.1 Å². The Labute approximate surface area is 208 Å². The predicted molar refractivity (Wildman–Crippen MR) is 141 cm³/mol.